The molecule has 15 heteroatoms. The summed E-state index contributed by atoms with van der Waals surface area (Å²) in [6.45, 7) is 10.4. The van der Waals surface area contributed by atoms with Gasteiger partial charge in [-0.05, 0) is 71.9 Å². The molecule has 1 aromatic carbocycles. The molecule has 58 heavy (non-hydrogen) atoms. The van der Waals surface area contributed by atoms with Gasteiger partial charge in [-0.2, -0.15) is 10.4 Å². The molecule has 3 atom stereocenters. The quantitative estimate of drug-likeness (QED) is 0.0838. The maximum Gasteiger partial charge on any atom is 0.407 e. The van der Waals surface area contributed by atoms with Crippen molar-refractivity contribution < 1.29 is 43.1 Å². The second kappa shape index (κ2) is 26.3. The minimum Gasteiger partial charge on any atom is -0.496 e. The van der Waals surface area contributed by atoms with E-state index in [0.29, 0.717) is 50.0 Å². The standard InChI is InChI=1S/C21H27N3O4.C9H16N2O2.C8H13NO3.C5H10/c1-5-7-13-8-15-16(10-18(13)26-4)23-20(27-6-2)11-19(15)28-14-9-17(21(22)25)24(3)12-14;1-3-4-7(2)9(12)11-13-10-8-5-6-8;10-6-5-9-8(11)12-7-3-1-2-4-7;1-2-4-5-3-1/h5,7-8,10-11,14,17H,6,9,12H2,1-4H3,(H2,22,25);3,7-8,10H,1,4-6H2,2H3,(H,11,12);6-7H,1-5H2,(H,9,11);1-5H2/b7-5+;;;/t14-,17?;7-;;/m10../s1. The van der Waals surface area contributed by atoms with Crippen molar-refractivity contribution in [2.75, 3.05) is 33.9 Å². The summed E-state index contributed by atoms with van der Waals surface area (Å²) >= 11 is 0. The number of hydroxylamine groups is 2. The van der Waals surface area contributed by atoms with E-state index < -0.39 is 6.09 Å². The average molecular weight is 811 g/mol. The number of likely N-dealkylation sites (tertiary alicyclic amines) is 1. The molecule has 1 unspecified atom stereocenters. The lowest BCUT2D eigenvalue weighted by molar-refractivity contribution is -0.144. The highest BCUT2D eigenvalue weighted by Gasteiger charge is 2.35. The third-order valence-corrected chi connectivity index (χ3v) is 9.95. The number of nitrogens with one attached hydrogen (secondary N) is 3. The molecule has 0 bridgehead atoms. The third-order valence-electron chi connectivity index (χ3n) is 9.95. The number of methoxy groups -OCH3 is 1. The van der Waals surface area contributed by atoms with Crippen LogP contribution in [0.25, 0.3) is 17.0 Å². The minimum atomic E-state index is -0.478. The predicted octanol–water partition coefficient (Wildman–Crippen LogP) is 6.33. The van der Waals surface area contributed by atoms with Crippen molar-refractivity contribution in [3.8, 4) is 17.4 Å². The molecular formula is C43H66N6O9. The van der Waals surface area contributed by atoms with E-state index in [1.807, 2.05) is 57.0 Å². The van der Waals surface area contributed by atoms with E-state index >= 15 is 0 Å². The summed E-state index contributed by atoms with van der Waals surface area (Å²) < 4.78 is 22.4. The van der Waals surface area contributed by atoms with E-state index in [1.54, 1.807) is 19.3 Å². The largest absolute Gasteiger partial charge is 0.496 e. The number of likely N-dealkylation sites (N-methyl/N-ethyl adjacent to an activating group) is 1. The molecule has 0 spiro atoms. The van der Waals surface area contributed by atoms with Crippen molar-refractivity contribution in [1.29, 1.82) is 0 Å². The SMILES string of the molecule is C/C=C/c1cc2c(O[C@@H]3CC(C(N)=O)N(C)C3)cc(OCC)nc2cc1OC.C1CCCC1.C=CC[C@H](C)C(=O)NONC1CC1.O=CCNC(=O)OC1CCCC1. The van der Waals surface area contributed by atoms with E-state index in [9.17, 15) is 19.2 Å². The number of allylic oxidation sites excluding steroid dienone is 2. The number of rotatable bonds is 16. The minimum absolute atomic E-state index is 0.0333. The van der Waals surface area contributed by atoms with Gasteiger partial charge in [-0.1, -0.05) is 57.3 Å². The van der Waals surface area contributed by atoms with Gasteiger partial charge in [0.25, 0.3) is 0 Å². The van der Waals surface area contributed by atoms with Crippen molar-refractivity contribution in [3.63, 3.8) is 0 Å². The third kappa shape index (κ3) is 17.0. The van der Waals surface area contributed by atoms with Crippen LogP contribution in [0.5, 0.6) is 17.4 Å². The van der Waals surface area contributed by atoms with Crippen LogP contribution in [0.4, 0.5) is 4.79 Å². The van der Waals surface area contributed by atoms with E-state index in [-0.39, 0.29) is 42.5 Å². The van der Waals surface area contributed by atoms with Crippen molar-refractivity contribution in [3.05, 3.63) is 42.5 Å². The monoisotopic (exact) mass is 810 g/mol. The number of nitrogens with two attached hydrogens (primary N) is 1. The second-order valence-electron chi connectivity index (χ2n) is 14.8. The first kappa shape index (κ1) is 47.6. The lowest BCUT2D eigenvalue weighted by Gasteiger charge is -2.17. The van der Waals surface area contributed by atoms with E-state index in [4.69, 9.17) is 29.6 Å². The fourth-order valence-electron chi connectivity index (χ4n) is 6.60. The highest BCUT2D eigenvalue weighted by atomic mass is 16.8. The van der Waals surface area contributed by atoms with Gasteiger partial charge in [-0.25, -0.2) is 15.3 Å². The van der Waals surface area contributed by atoms with Crippen LogP contribution in [0.15, 0.2) is 36.9 Å². The Hall–Kier alpha value is -4.73. The van der Waals surface area contributed by atoms with Crippen LogP contribution in [0.2, 0.25) is 0 Å². The van der Waals surface area contributed by atoms with Gasteiger partial charge in [-0.3, -0.25) is 14.5 Å². The number of carbonyl (C=O) groups excluding carboxylic acids is 4. The van der Waals surface area contributed by atoms with Gasteiger partial charge in [0, 0.05) is 48.0 Å². The molecule has 6 rings (SSSR count). The van der Waals surface area contributed by atoms with Crippen molar-refractivity contribution >= 4 is 41.2 Å². The average Bonchev–Trinajstić information content (AvgIpc) is 3.55. The first-order valence-corrected chi connectivity index (χ1v) is 20.7. The Balaban J connectivity index is 0.000000247. The maximum atomic E-state index is 11.6. The molecule has 1 aliphatic heterocycles. The molecule has 3 aliphatic carbocycles. The molecule has 5 N–H and O–H groups in total. The Morgan fingerprint density at radius 1 is 1.02 bits per heavy atom. The number of fused-ring (bicyclic) bond motifs is 1. The highest BCUT2D eigenvalue weighted by molar-refractivity contribution is 5.90. The first-order chi connectivity index (χ1) is 28.0. The number of benzene rings is 1. The molecule has 322 valence electrons. The first-order valence-electron chi connectivity index (χ1n) is 20.7. The molecule has 1 aromatic heterocycles. The number of amides is 3. The number of hydrogen-bond acceptors (Lipinski definition) is 12. The smallest absolute Gasteiger partial charge is 0.407 e. The van der Waals surface area contributed by atoms with Crippen LogP contribution in [-0.4, -0.2) is 92.2 Å². The molecule has 4 aliphatic rings. The summed E-state index contributed by atoms with van der Waals surface area (Å²) in [6, 6.07) is 5.79. The zero-order valence-electron chi connectivity index (χ0n) is 35.1. The van der Waals surface area contributed by atoms with E-state index in [0.717, 1.165) is 60.7 Å². The molecule has 3 amide bonds. The zero-order chi connectivity index (χ0) is 42.3. The zero-order valence-corrected chi connectivity index (χ0v) is 35.1. The Morgan fingerprint density at radius 3 is 2.26 bits per heavy atom. The topological polar surface area (TPSA) is 193 Å². The van der Waals surface area contributed by atoms with Crippen molar-refractivity contribution in [2.24, 2.45) is 11.7 Å². The molecule has 3 saturated carbocycles. The maximum absolute atomic E-state index is 11.6. The number of alkyl carbamates (subject to hydrolysis) is 1. The number of pyridine rings is 1. The van der Waals surface area contributed by atoms with Gasteiger partial charge in [0.1, 0.15) is 30.0 Å². The lowest BCUT2D eigenvalue weighted by Crippen LogP contribution is -2.37. The lowest BCUT2D eigenvalue weighted by atomic mass is 10.1. The van der Waals surface area contributed by atoms with Crippen LogP contribution >= 0.6 is 0 Å². The summed E-state index contributed by atoms with van der Waals surface area (Å²) in [7, 11) is 3.51. The van der Waals surface area contributed by atoms with Crippen LogP contribution < -0.4 is 36.2 Å². The number of hydrogen-bond donors (Lipinski definition) is 4. The molecule has 2 heterocycles. The number of aldehydes is 1. The molecule has 4 fully saturated rings. The summed E-state index contributed by atoms with van der Waals surface area (Å²) in [5.74, 6) is 1.36. The van der Waals surface area contributed by atoms with Gasteiger partial charge >= 0.3 is 6.09 Å². The number of ether oxygens (including phenoxy) is 4. The summed E-state index contributed by atoms with van der Waals surface area (Å²) in [6.07, 6.45) is 20.9. The summed E-state index contributed by atoms with van der Waals surface area (Å²) in [5.41, 5.74) is 12.2. The van der Waals surface area contributed by atoms with Crippen molar-refractivity contribution in [2.45, 2.75) is 129 Å². The molecule has 15 nitrogen and oxygen atoms in total. The Bertz CT molecular complexity index is 1620. The van der Waals surface area contributed by atoms with Gasteiger partial charge < -0.3 is 34.8 Å². The fraction of sp³-hybridized carbons (Fsp3) is 0.605. The predicted molar refractivity (Wildman–Crippen MR) is 224 cm³/mol. The van der Waals surface area contributed by atoms with Crippen LogP contribution in [0, 0.1) is 5.92 Å². The molecule has 0 radical (unpaired) electrons. The normalized spacial score (nSPS) is 19.3. The van der Waals surface area contributed by atoms with E-state index in [1.165, 1.54) is 32.1 Å². The fourth-order valence-corrected chi connectivity index (χ4v) is 6.60. The van der Waals surface area contributed by atoms with Crippen LogP contribution in [0.3, 0.4) is 0 Å². The molecular weight excluding hydrogens is 745 g/mol. The Labute approximate surface area is 343 Å². The highest BCUT2D eigenvalue weighted by Crippen LogP contribution is 2.36. The van der Waals surface area contributed by atoms with Gasteiger partial charge in [0.15, 0.2) is 0 Å². The number of primary amides is 1. The molecule has 2 aromatic rings. The second-order valence-corrected chi connectivity index (χ2v) is 14.8. The van der Waals surface area contributed by atoms with Crippen LogP contribution in [-0.2, 0) is 24.1 Å². The Kier molecular flexibility index (Phi) is 21.6. The van der Waals surface area contributed by atoms with Gasteiger partial charge in [-0.15, -0.1) is 6.58 Å². The number of nitrogens with zero attached hydrogens (tertiary/aromatic N) is 2. The van der Waals surface area contributed by atoms with Crippen molar-refractivity contribution in [1.82, 2.24) is 26.2 Å². The summed E-state index contributed by atoms with van der Waals surface area (Å²) in [5, 5.41) is 3.19. The number of aromatic nitrogens is 1. The Morgan fingerprint density at radius 2 is 1.71 bits per heavy atom. The van der Waals surface area contributed by atoms with Gasteiger partial charge in [0.2, 0.25) is 17.7 Å². The van der Waals surface area contributed by atoms with E-state index in [2.05, 4.69) is 27.8 Å². The number of carbonyl (C=O) groups is 4. The van der Waals surface area contributed by atoms with Crippen LogP contribution in [0.1, 0.15) is 110 Å². The van der Waals surface area contributed by atoms with Gasteiger partial charge in [0.05, 0.1) is 31.8 Å². The summed E-state index contributed by atoms with van der Waals surface area (Å²) in [4.78, 5) is 54.9. The molecule has 1 saturated heterocycles.